The van der Waals surface area contributed by atoms with E-state index in [-0.39, 0.29) is 12.3 Å². The Bertz CT molecular complexity index is 734. The molecule has 134 valence electrons. The number of ether oxygens (including phenoxy) is 1. The van der Waals surface area contributed by atoms with E-state index >= 15 is 0 Å². The maximum absolute atomic E-state index is 12.3. The van der Waals surface area contributed by atoms with Gasteiger partial charge in [-0.05, 0) is 36.6 Å². The zero-order chi connectivity index (χ0) is 18.1. The molecule has 0 N–H and O–H groups in total. The van der Waals surface area contributed by atoms with E-state index in [2.05, 4.69) is 4.74 Å². The van der Waals surface area contributed by atoms with Crippen molar-refractivity contribution in [1.29, 1.82) is 0 Å². The summed E-state index contributed by atoms with van der Waals surface area (Å²) in [6.45, 7) is 0.0436. The lowest BCUT2D eigenvalue weighted by Gasteiger charge is -2.31. The number of benzene rings is 1. The lowest BCUT2D eigenvalue weighted by molar-refractivity contribution is -0.274. The van der Waals surface area contributed by atoms with Crippen LogP contribution in [0, 0.1) is 0 Å². The number of alkyl halides is 3. The summed E-state index contributed by atoms with van der Waals surface area (Å²) in [4.78, 5) is 13.7. The molecule has 0 aliphatic carbocycles. The number of aryl methyl sites for hydroxylation is 1. The van der Waals surface area contributed by atoms with Gasteiger partial charge in [0, 0.05) is 19.3 Å². The summed E-state index contributed by atoms with van der Waals surface area (Å²) in [5, 5.41) is 0. The van der Waals surface area contributed by atoms with Gasteiger partial charge in [-0.15, -0.1) is 13.2 Å². The third kappa shape index (κ3) is 4.60. The van der Waals surface area contributed by atoms with Crippen molar-refractivity contribution in [3.05, 3.63) is 23.8 Å². The molecule has 0 saturated heterocycles. The number of hydrogen-bond acceptors (Lipinski definition) is 4. The van der Waals surface area contributed by atoms with Gasteiger partial charge in [0.15, 0.2) is 0 Å². The minimum absolute atomic E-state index is 0.334. The number of likely N-dealkylation sites (N-methyl/N-ethyl adjacent to an activating group) is 1. The van der Waals surface area contributed by atoms with Crippen LogP contribution in [-0.4, -0.2) is 51.4 Å². The Morgan fingerprint density at radius 2 is 2.04 bits per heavy atom. The monoisotopic (exact) mass is 366 g/mol. The molecule has 0 atom stereocenters. The molecular formula is C14H17F3N2O4S. The van der Waals surface area contributed by atoms with Crippen molar-refractivity contribution in [3.63, 3.8) is 0 Å². The number of halogens is 3. The summed E-state index contributed by atoms with van der Waals surface area (Å²) in [6.07, 6.45) is -2.71. The summed E-state index contributed by atoms with van der Waals surface area (Å²) in [5.74, 6) is -0.780. The van der Waals surface area contributed by atoms with Crippen LogP contribution in [0.4, 0.5) is 18.9 Å². The molecule has 1 aliphatic heterocycles. The van der Waals surface area contributed by atoms with Gasteiger partial charge in [-0.3, -0.25) is 4.79 Å². The third-order valence-electron chi connectivity index (χ3n) is 3.63. The summed E-state index contributed by atoms with van der Waals surface area (Å²) in [6, 6.07) is 3.77. The lowest BCUT2D eigenvalue weighted by atomic mass is 10.0. The van der Waals surface area contributed by atoms with Crippen LogP contribution in [0.25, 0.3) is 0 Å². The highest BCUT2D eigenvalue weighted by Gasteiger charge is 2.32. The molecule has 2 rings (SSSR count). The van der Waals surface area contributed by atoms with Crippen molar-refractivity contribution in [2.24, 2.45) is 0 Å². The van der Waals surface area contributed by atoms with E-state index in [1.54, 1.807) is 0 Å². The Hall–Kier alpha value is -1.81. The minimum atomic E-state index is -4.78. The first-order valence-electron chi connectivity index (χ1n) is 7.08. The second-order valence-electron chi connectivity index (χ2n) is 5.51. The van der Waals surface area contributed by atoms with Crippen LogP contribution in [-0.2, 0) is 21.2 Å². The van der Waals surface area contributed by atoms with Crippen molar-refractivity contribution in [1.82, 2.24) is 4.31 Å². The molecular weight excluding hydrogens is 349 g/mol. The van der Waals surface area contributed by atoms with E-state index in [1.807, 2.05) is 0 Å². The summed E-state index contributed by atoms with van der Waals surface area (Å²) < 4.78 is 64.5. The predicted octanol–water partition coefficient (Wildman–Crippen LogP) is 1.76. The smallest absolute Gasteiger partial charge is 0.406 e. The molecule has 24 heavy (non-hydrogen) atoms. The van der Waals surface area contributed by atoms with E-state index in [0.29, 0.717) is 30.6 Å². The Kier molecular flexibility index (Phi) is 5.09. The lowest BCUT2D eigenvalue weighted by Crippen LogP contribution is -2.43. The van der Waals surface area contributed by atoms with E-state index in [9.17, 15) is 26.4 Å². The molecule has 6 nitrogen and oxygen atoms in total. The average Bonchev–Trinajstić information content (AvgIpc) is 2.43. The zero-order valence-corrected chi connectivity index (χ0v) is 13.9. The van der Waals surface area contributed by atoms with Gasteiger partial charge < -0.3 is 9.64 Å². The normalized spacial score (nSPS) is 15.3. The predicted molar refractivity (Wildman–Crippen MR) is 81.3 cm³/mol. The number of amides is 1. The van der Waals surface area contributed by atoms with Crippen LogP contribution in [0.5, 0.6) is 5.75 Å². The first-order valence-corrected chi connectivity index (χ1v) is 8.92. The maximum Gasteiger partial charge on any atom is 0.573 e. The van der Waals surface area contributed by atoms with Gasteiger partial charge in [-0.2, -0.15) is 4.31 Å². The molecule has 10 heteroatoms. The number of fused-ring (bicyclic) bond motifs is 1. The van der Waals surface area contributed by atoms with Crippen molar-refractivity contribution in [3.8, 4) is 5.75 Å². The van der Waals surface area contributed by atoms with E-state index < -0.39 is 22.3 Å². The number of nitrogens with zero attached hydrogens (tertiary/aromatic N) is 2. The maximum atomic E-state index is 12.3. The molecule has 1 aliphatic rings. The first kappa shape index (κ1) is 18.5. The summed E-state index contributed by atoms with van der Waals surface area (Å²) in [5.41, 5.74) is 1.03. The quantitative estimate of drug-likeness (QED) is 0.814. The highest BCUT2D eigenvalue weighted by atomic mass is 32.2. The van der Waals surface area contributed by atoms with Gasteiger partial charge in [0.1, 0.15) is 5.75 Å². The largest absolute Gasteiger partial charge is 0.573 e. The van der Waals surface area contributed by atoms with Crippen LogP contribution in [0.3, 0.4) is 0 Å². The summed E-state index contributed by atoms with van der Waals surface area (Å²) >= 11 is 0. The summed E-state index contributed by atoms with van der Waals surface area (Å²) in [7, 11) is -2.21. The Balaban J connectivity index is 2.21. The number of carbonyl (C=O) groups excluding carboxylic acids is 1. The van der Waals surface area contributed by atoms with Gasteiger partial charge in [0.05, 0.1) is 12.8 Å². The van der Waals surface area contributed by atoms with Crippen molar-refractivity contribution in [2.45, 2.75) is 19.2 Å². The van der Waals surface area contributed by atoms with Gasteiger partial charge in [-0.1, -0.05) is 0 Å². The number of hydrogen-bond donors (Lipinski definition) is 0. The fourth-order valence-electron chi connectivity index (χ4n) is 2.42. The second kappa shape index (κ2) is 6.60. The average molecular weight is 366 g/mol. The Morgan fingerprint density at radius 3 is 2.62 bits per heavy atom. The van der Waals surface area contributed by atoms with E-state index in [4.69, 9.17) is 0 Å². The fraction of sp³-hybridized carbons (Fsp3) is 0.500. The zero-order valence-electron chi connectivity index (χ0n) is 13.1. The molecule has 0 spiro atoms. The van der Waals surface area contributed by atoms with Gasteiger partial charge >= 0.3 is 6.36 Å². The van der Waals surface area contributed by atoms with Crippen molar-refractivity contribution in [2.75, 3.05) is 31.3 Å². The molecule has 1 amide bonds. The molecule has 0 bridgehead atoms. The van der Waals surface area contributed by atoms with E-state index in [1.165, 1.54) is 24.1 Å². The fourth-order valence-corrected chi connectivity index (χ4v) is 2.77. The Labute approximate surface area is 137 Å². The van der Waals surface area contributed by atoms with Crippen LogP contribution in [0.15, 0.2) is 18.2 Å². The molecule has 1 aromatic carbocycles. The molecule has 0 unspecified atom stereocenters. The van der Waals surface area contributed by atoms with Crippen molar-refractivity contribution >= 4 is 21.6 Å². The number of sulfonamides is 1. The SMILES string of the molecule is CN(CC(=O)N1CCCc2cc(OC(F)(F)F)ccc21)S(C)(=O)=O. The van der Waals surface area contributed by atoms with Crippen LogP contribution < -0.4 is 9.64 Å². The highest BCUT2D eigenvalue weighted by molar-refractivity contribution is 7.88. The Morgan fingerprint density at radius 1 is 1.38 bits per heavy atom. The first-order chi connectivity index (χ1) is 11.0. The highest BCUT2D eigenvalue weighted by Crippen LogP contribution is 2.32. The van der Waals surface area contributed by atoms with Gasteiger partial charge in [0.2, 0.25) is 15.9 Å². The molecule has 1 heterocycles. The molecule has 1 aromatic rings. The topological polar surface area (TPSA) is 66.9 Å². The second-order valence-corrected chi connectivity index (χ2v) is 7.60. The number of carbonyl (C=O) groups is 1. The van der Waals surface area contributed by atoms with Crippen LogP contribution >= 0.6 is 0 Å². The standard InChI is InChI=1S/C14H17F3N2O4S/c1-18(24(2,21)22)9-13(20)19-7-3-4-10-8-11(5-6-12(10)19)23-14(15,16)17/h5-6,8H,3-4,7,9H2,1-2H3. The van der Waals surface area contributed by atoms with Crippen molar-refractivity contribution < 1.29 is 31.1 Å². The molecule has 0 saturated carbocycles. The molecule has 0 fully saturated rings. The van der Waals surface area contributed by atoms with Gasteiger partial charge in [0.25, 0.3) is 0 Å². The number of rotatable bonds is 4. The third-order valence-corrected chi connectivity index (χ3v) is 4.89. The van der Waals surface area contributed by atoms with Gasteiger partial charge in [-0.25, -0.2) is 8.42 Å². The van der Waals surface area contributed by atoms with Crippen LogP contribution in [0.2, 0.25) is 0 Å². The van der Waals surface area contributed by atoms with Crippen LogP contribution in [0.1, 0.15) is 12.0 Å². The number of anilines is 1. The molecule has 0 radical (unpaired) electrons. The minimum Gasteiger partial charge on any atom is -0.406 e. The molecule has 0 aromatic heterocycles. The van der Waals surface area contributed by atoms with E-state index in [0.717, 1.165) is 16.6 Å².